The van der Waals surface area contributed by atoms with Crippen molar-refractivity contribution in [3.05, 3.63) is 5.69 Å². The minimum Gasteiger partial charge on any atom is -0.388 e. The number of ether oxygens (including phenoxy) is 1. The molecular formula is C10H17N3OS. The first-order chi connectivity index (χ1) is 7.25. The van der Waals surface area contributed by atoms with Gasteiger partial charge in [0.1, 0.15) is 10.7 Å². The molecule has 0 radical (unpaired) electrons. The van der Waals surface area contributed by atoms with E-state index in [1.807, 2.05) is 0 Å². The summed E-state index contributed by atoms with van der Waals surface area (Å²) in [5.74, 6) is 0.787. The summed E-state index contributed by atoms with van der Waals surface area (Å²) in [6.45, 7) is 2.80. The molecule has 1 fully saturated rings. The molecule has 0 aromatic carbocycles. The van der Waals surface area contributed by atoms with Crippen LogP contribution in [0.4, 0.5) is 5.00 Å². The molecule has 1 heterocycles. The summed E-state index contributed by atoms with van der Waals surface area (Å²) < 4.78 is 9.59. The van der Waals surface area contributed by atoms with E-state index in [1.54, 1.807) is 0 Å². The lowest BCUT2D eigenvalue weighted by Gasteiger charge is -2.26. The van der Waals surface area contributed by atoms with Crippen LogP contribution in [0.1, 0.15) is 38.3 Å². The number of aromatic nitrogens is 2. The predicted octanol–water partition coefficient (Wildman–Crippen LogP) is 2.22. The van der Waals surface area contributed by atoms with Crippen LogP contribution in [0.15, 0.2) is 0 Å². The molecule has 4 nitrogen and oxygen atoms in total. The topological polar surface area (TPSA) is 61.0 Å². The minimum absolute atomic E-state index is 0.384. The van der Waals surface area contributed by atoms with Gasteiger partial charge in [0.25, 0.3) is 0 Å². The SMILES string of the molecule is CC1CCCC(OCc2nnsc2N)C1. The summed E-state index contributed by atoms with van der Waals surface area (Å²) in [7, 11) is 0. The zero-order valence-electron chi connectivity index (χ0n) is 8.98. The van der Waals surface area contributed by atoms with Gasteiger partial charge >= 0.3 is 0 Å². The van der Waals surface area contributed by atoms with Crippen LogP contribution in [0.5, 0.6) is 0 Å². The van der Waals surface area contributed by atoms with Crippen LogP contribution >= 0.6 is 11.5 Å². The third-order valence-electron chi connectivity index (χ3n) is 2.93. The molecule has 1 saturated carbocycles. The van der Waals surface area contributed by atoms with Crippen LogP contribution in [-0.2, 0) is 11.3 Å². The lowest BCUT2D eigenvalue weighted by Crippen LogP contribution is -2.21. The number of nitrogens with zero attached hydrogens (tertiary/aromatic N) is 2. The van der Waals surface area contributed by atoms with Gasteiger partial charge in [-0.1, -0.05) is 24.3 Å². The fourth-order valence-corrected chi connectivity index (χ4v) is 2.47. The van der Waals surface area contributed by atoms with Crippen LogP contribution in [0.2, 0.25) is 0 Å². The standard InChI is InChI=1S/C10H17N3OS/c1-7-3-2-4-8(5-7)14-6-9-10(11)15-13-12-9/h7-8H,2-6,11H2,1H3. The zero-order chi connectivity index (χ0) is 10.7. The lowest BCUT2D eigenvalue weighted by molar-refractivity contribution is 0.00346. The van der Waals surface area contributed by atoms with Crippen molar-refractivity contribution in [3.63, 3.8) is 0 Å². The van der Waals surface area contributed by atoms with Crippen molar-refractivity contribution in [3.8, 4) is 0 Å². The Morgan fingerprint density at radius 1 is 1.53 bits per heavy atom. The van der Waals surface area contributed by atoms with Gasteiger partial charge in [0.15, 0.2) is 0 Å². The summed E-state index contributed by atoms with van der Waals surface area (Å²) in [4.78, 5) is 0. The number of hydrogen-bond acceptors (Lipinski definition) is 5. The van der Waals surface area contributed by atoms with E-state index >= 15 is 0 Å². The lowest BCUT2D eigenvalue weighted by atomic mass is 9.89. The van der Waals surface area contributed by atoms with Crippen LogP contribution in [0, 0.1) is 5.92 Å². The highest BCUT2D eigenvalue weighted by Crippen LogP contribution is 2.26. The highest BCUT2D eigenvalue weighted by atomic mass is 32.1. The Labute approximate surface area is 94.0 Å². The molecule has 0 saturated heterocycles. The first kappa shape index (κ1) is 10.8. The average molecular weight is 227 g/mol. The summed E-state index contributed by atoms with van der Waals surface area (Å²) in [6, 6.07) is 0. The molecular weight excluding hydrogens is 210 g/mol. The van der Waals surface area contributed by atoms with E-state index in [9.17, 15) is 0 Å². The summed E-state index contributed by atoms with van der Waals surface area (Å²) in [6.07, 6.45) is 5.32. The Kier molecular flexibility index (Phi) is 3.53. The molecule has 2 atom stereocenters. The van der Waals surface area contributed by atoms with Crippen LogP contribution in [0.3, 0.4) is 0 Å². The maximum Gasteiger partial charge on any atom is 0.133 e. The van der Waals surface area contributed by atoms with Crippen LogP contribution < -0.4 is 5.73 Å². The normalized spacial score (nSPS) is 26.7. The largest absolute Gasteiger partial charge is 0.388 e. The van der Waals surface area contributed by atoms with Crippen molar-refractivity contribution in [1.29, 1.82) is 0 Å². The van der Waals surface area contributed by atoms with E-state index in [1.165, 1.54) is 30.8 Å². The molecule has 15 heavy (non-hydrogen) atoms. The Hall–Kier alpha value is -0.680. The second-order valence-electron chi connectivity index (χ2n) is 4.29. The van der Waals surface area contributed by atoms with E-state index in [0.29, 0.717) is 17.7 Å². The Morgan fingerprint density at radius 3 is 3.07 bits per heavy atom. The van der Waals surface area contributed by atoms with E-state index in [-0.39, 0.29) is 0 Å². The maximum atomic E-state index is 5.80. The average Bonchev–Trinajstić information content (AvgIpc) is 2.61. The first-order valence-corrected chi connectivity index (χ1v) is 6.21. The van der Waals surface area contributed by atoms with Gasteiger partial charge in [0.2, 0.25) is 0 Å². The molecule has 2 rings (SSSR count). The van der Waals surface area contributed by atoms with Gasteiger partial charge in [-0.05, 0) is 18.8 Å². The van der Waals surface area contributed by atoms with Crippen molar-refractivity contribution in [2.75, 3.05) is 5.73 Å². The van der Waals surface area contributed by atoms with E-state index < -0.39 is 0 Å². The smallest absolute Gasteiger partial charge is 0.133 e. The molecule has 1 aliphatic rings. The third-order valence-corrected chi connectivity index (χ3v) is 3.52. The molecule has 5 heteroatoms. The summed E-state index contributed by atoms with van der Waals surface area (Å²) in [5, 5.41) is 4.62. The van der Waals surface area contributed by atoms with Gasteiger partial charge in [0, 0.05) is 11.5 Å². The van der Waals surface area contributed by atoms with Gasteiger partial charge in [-0.3, -0.25) is 0 Å². The second kappa shape index (κ2) is 4.90. The van der Waals surface area contributed by atoms with E-state index in [4.69, 9.17) is 10.5 Å². The Morgan fingerprint density at radius 2 is 2.40 bits per heavy atom. The number of rotatable bonds is 3. The molecule has 1 aliphatic carbocycles. The van der Waals surface area contributed by atoms with Gasteiger partial charge in [-0.15, -0.1) is 5.10 Å². The van der Waals surface area contributed by atoms with Crippen molar-refractivity contribution >= 4 is 16.5 Å². The van der Waals surface area contributed by atoms with Crippen LogP contribution in [0.25, 0.3) is 0 Å². The quantitative estimate of drug-likeness (QED) is 0.860. The number of hydrogen-bond donors (Lipinski definition) is 1. The molecule has 1 aromatic rings. The predicted molar refractivity (Wildman–Crippen MR) is 60.5 cm³/mol. The molecule has 0 aliphatic heterocycles. The molecule has 2 unspecified atom stereocenters. The Balaban J connectivity index is 1.80. The Bertz CT molecular complexity index is 315. The molecule has 0 bridgehead atoms. The number of nitrogen functional groups attached to an aromatic ring is 1. The first-order valence-electron chi connectivity index (χ1n) is 5.44. The van der Waals surface area contributed by atoms with Crippen molar-refractivity contribution in [1.82, 2.24) is 9.59 Å². The number of nitrogens with two attached hydrogens (primary N) is 1. The number of anilines is 1. The fraction of sp³-hybridized carbons (Fsp3) is 0.800. The minimum atomic E-state index is 0.384. The van der Waals surface area contributed by atoms with Gasteiger partial charge in [0.05, 0.1) is 12.7 Å². The van der Waals surface area contributed by atoms with E-state index in [0.717, 1.165) is 18.0 Å². The molecule has 1 aromatic heterocycles. The summed E-state index contributed by atoms with van der Waals surface area (Å²) in [5.41, 5.74) is 6.49. The van der Waals surface area contributed by atoms with Crippen molar-refractivity contribution in [2.45, 2.75) is 45.3 Å². The molecule has 0 spiro atoms. The maximum absolute atomic E-state index is 5.80. The summed E-state index contributed by atoms with van der Waals surface area (Å²) >= 11 is 1.23. The van der Waals surface area contributed by atoms with Crippen LogP contribution in [-0.4, -0.2) is 15.7 Å². The highest BCUT2D eigenvalue weighted by Gasteiger charge is 2.19. The molecule has 0 amide bonds. The third kappa shape index (κ3) is 2.89. The van der Waals surface area contributed by atoms with E-state index in [2.05, 4.69) is 16.5 Å². The second-order valence-corrected chi connectivity index (χ2v) is 5.07. The van der Waals surface area contributed by atoms with Gasteiger partial charge in [-0.25, -0.2) is 0 Å². The van der Waals surface area contributed by atoms with Gasteiger partial charge in [-0.2, -0.15) is 0 Å². The fourth-order valence-electron chi connectivity index (χ4n) is 2.04. The molecule has 84 valence electrons. The van der Waals surface area contributed by atoms with Gasteiger partial charge < -0.3 is 10.5 Å². The molecule has 2 N–H and O–H groups in total. The van der Waals surface area contributed by atoms with Crippen molar-refractivity contribution in [2.24, 2.45) is 5.92 Å². The van der Waals surface area contributed by atoms with Crippen molar-refractivity contribution < 1.29 is 4.74 Å². The zero-order valence-corrected chi connectivity index (χ0v) is 9.80. The highest BCUT2D eigenvalue weighted by molar-refractivity contribution is 7.09. The monoisotopic (exact) mass is 227 g/mol.